The Morgan fingerprint density at radius 2 is 1.96 bits per heavy atom. The van der Waals surface area contributed by atoms with Crippen molar-refractivity contribution in [3.63, 3.8) is 0 Å². The Hall–Kier alpha value is -2.44. The van der Waals surface area contributed by atoms with Gasteiger partial charge < -0.3 is 10.3 Å². The standard InChI is InChI=1S/C20H18ClN3O2S/c1-24-19(26)15-9-6-13(10-16(15)22-20(24)27)18(25)23-17(11-2-3-11)12-4-7-14(21)8-5-12/h4-11,17H,2-3H2,1H3,(H,22,27)(H,23,25). The van der Waals surface area contributed by atoms with Gasteiger partial charge in [0.2, 0.25) is 0 Å². The summed E-state index contributed by atoms with van der Waals surface area (Å²) in [5, 5.41) is 4.30. The van der Waals surface area contributed by atoms with Gasteiger partial charge in [-0.3, -0.25) is 14.2 Å². The Morgan fingerprint density at radius 3 is 2.63 bits per heavy atom. The molecule has 4 rings (SSSR count). The number of rotatable bonds is 4. The molecule has 1 unspecified atom stereocenters. The average molecular weight is 400 g/mol. The van der Waals surface area contributed by atoms with Crippen molar-refractivity contribution >= 4 is 40.6 Å². The third kappa shape index (κ3) is 3.55. The Kier molecular flexibility index (Phi) is 4.61. The number of hydrogen-bond acceptors (Lipinski definition) is 3. The molecule has 2 aromatic carbocycles. The first kappa shape index (κ1) is 17.9. The van der Waals surface area contributed by atoms with Gasteiger partial charge in [0.1, 0.15) is 0 Å². The zero-order valence-electron chi connectivity index (χ0n) is 14.7. The van der Waals surface area contributed by atoms with Crippen LogP contribution in [0.25, 0.3) is 10.9 Å². The highest BCUT2D eigenvalue weighted by Gasteiger charge is 2.33. The van der Waals surface area contributed by atoms with E-state index in [-0.39, 0.29) is 17.5 Å². The summed E-state index contributed by atoms with van der Waals surface area (Å²) in [5.74, 6) is 0.262. The van der Waals surface area contributed by atoms with Crippen LogP contribution in [0.1, 0.15) is 34.8 Å². The van der Waals surface area contributed by atoms with Crippen molar-refractivity contribution in [3.8, 4) is 0 Å². The molecule has 138 valence electrons. The number of fused-ring (bicyclic) bond motifs is 1. The Bertz CT molecular complexity index is 1150. The van der Waals surface area contributed by atoms with Crippen LogP contribution in [0.4, 0.5) is 0 Å². The van der Waals surface area contributed by atoms with Crippen molar-refractivity contribution in [1.82, 2.24) is 14.9 Å². The predicted molar refractivity (Wildman–Crippen MR) is 109 cm³/mol. The van der Waals surface area contributed by atoms with E-state index in [1.807, 2.05) is 24.3 Å². The Balaban J connectivity index is 1.65. The lowest BCUT2D eigenvalue weighted by atomic mass is 10.0. The second-order valence-electron chi connectivity index (χ2n) is 6.89. The molecule has 2 N–H and O–H groups in total. The lowest BCUT2D eigenvalue weighted by Gasteiger charge is -2.19. The Morgan fingerprint density at radius 1 is 1.26 bits per heavy atom. The molecule has 1 amide bonds. The molecule has 1 fully saturated rings. The van der Waals surface area contributed by atoms with Crippen molar-refractivity contribution in [1.29, 1.82) is 0 Å². The summed E-state index contributed by atoms with van der Waals surface area (Å²) in [6.07, 6.45) is 2.18. The minimum Gasteiger partial charge on any atom is -0.345 e. The summed E-state index contributed by atoms with van der Waals surface area (Å²) in [6.45, 7) is 0. The third-order valence-corrected chi connectivity index (χ3v) is 5.60. The first-order valence-electron chi connectivity index (χ1n) is 8.73. The van der Waals surface area contributed by atoms with E-state index in [0.717, 1.165) is 18.4 Å². The highest BCUT2D eigenvalue weighted by Crippen LogP contribution is 2.41. The fourth-order valence-electron chi connectivity index (χ4n) is 3.24. The van der Waals surface area contributed by atoms with Crippen molar-refractivity contribution in [2.45, 2.75) is 18.9 Å². The lowest BCUT2D eigenvalue weighted by Crippen LogP contribution is -2.30. The molecular formula is C20H18ClN3O2S. The minimum absolute atomic E-state index is 0.0485. The normalized spacial score (nSPS) is 14.9. The molecule has 1 aliphatic rings. The van der Waals surface area contributed by atoms with Gasteiger partial charge in [0.15, 0.2) is 4.77 Å². The number of aromatic amines is 1. The first-order chi connectivity index (χ1) is 12.9. The van der Waals surface area contributed by atoms with Crippen molar-refractivity contribution in [2.24, 2.45) is 13.0 Å². The smallest absolute Gasteiger partial charge is 0.261 e. The summed E-state index contributed by atoms with van der Waals surface area (Å²) >= 11 is 11.1. The van der Waals surface area contributed by atoms with E-state index in [9.17, 15) is 9.59 Å². The number of carbonyl (C=O) groups is 1. The molecule has 7 heteroatoms. The van der Waals surface area contributed by atoms with Gasteiger partial charge in [-0.25, -0.2) is 0 Å². The Labute approximate surface area is 166 Å². The van der Waals surface area contributed by atoms with Gasteiger partial charge in [-0.1, -0.05) is 23.7 Å². The van der Waals surface area contributed by atoms with Gasteiger partial charge in [0.25, 0.3) is 11.5 Å². The maximum atomic E-state index is 12.8. The molecule has 5 nitrogen and oxygen atoms in total. The van der Waals surface area contributed by atoms with E-state index in [4.69, 9.17) is 23.8 Å². The van der Waals surface area contributed by atoms with Gasteiger partial charge in [-0.2, -0.15) is 0 Å². The van der Waals surface area contributed by atoms with Crippen LogP contribution < -0.4 is 10.9 Å². The quantitative estimate of drug-likeness (QED) is 0.648. The number of amides is 1. The number of hydrogen-bond donors (Lipinski definition) is 2. The van der Waals surface area contributed by atoms with Gasteiger partial charge in [-0.15, -0.1) is 0 Å². The molecule has 0 saturated heterocycles. The SMILES string of the molecule is Cn1c(=S)[nH]c2cc(C(=O)NC(c3ccc(Cl)cc3)C3CC3)ccc2c1=O. The molecule has 27 heavy (non-hydrogen) atoms. The van der Waals surface area contributed by atoms with E-state index in [0.29, 0.717) is 32.2 Å². The molecule has 1 heterocycles. The minimum atomic E-state index is -0.183. The second-order valence-corrected chi connectivity index (χ2v) is 7.72. The van der Waals surface area contributed by atoms with Gasteiger partial charge in [0.05, 0.1) is 16.9 Å². The molecule has 1 aliphatic carbocycles. The number of aromatic nitrogens is 2. The fourth-order valence-corrected chi connectivity index (χ4v) is 3.56. The molecule has 0 spiro atoms. The number of nitrogens with zero attached hydrogens (tertiary/aromatic N) is 1. The van der Waals surface area contributed by atoms with Crippen LogP contribution >= 0.6 is 23.8 Å². The lowest BCUT2D eigenvalue weighted by molar-refractivity contribution is 0.0932. The van der Waals surface area contributed by atoms with E-state index < -0.39 is 0 Å². The molecule has 3 aromatic rings. The monoisotopic (exact) mass is 399 g/mol. The maximum Gasteiger partial charge on any atom is 0.261 e. The van der Waals surface area contributed by atoms with E-state index in [1.54, 1.807) is 25.2 Å². The van der Waals surface area contributed by atoms with E-state index in [2.05, 4.69) is 10.3 Å². The summed E-state index contributed by atoms with van der Waals surface area (Å²) in [7, 11) is 1.62. The number of carbonyl (C=O) groups excluding carboxylic acids is 1. The zero-order chi connectivity index (χ0) is 19.1. The third-order valence-electron chi connectivity index (χ3n) is 4.97. The van der Waals surface area contributed by atoms with Crippen LogP contribution in [-0.4, -0.2) is 15.5 Å². The zero-order valence-corrected chi connectivity index (χ0v) is 16.2. The van der Waals surface area contributed by atoms with Crippen LogP contribution in [0.3, 0.4) is 0 Å². The van der Waals surface area contributed by atoms with Crippen molar-refractivity contribution in [2.75, 3.05) is 0 Å². The largest absolute Gasteiger partial charge is 0.345 e. The number of halogens is 1. The average Bonchev–Trinajstić information content (AvgIpc) is 3.49. The number of H-pyrrole nitrogens is 1. The van der Waals surface area contributed by atoms with Crippen LogP contribution in [0.5, 0.6) is 0 Å². The molecular weight excluding hydrogens is 382 g/mol. The molecule has 0 bridgehead atoms. The van der Waals surface area contributed by atoms with E-state index >= 15 is 0 Å². The summed E-state index contributed by atoms with van der Waals surface area (Å²) in [4.78, 5) is 28.1. The van der Waals surface area contributed by atoms with Crippen LogP contribution in [0, 0.1) is 10.7 Å². The second kappa shape index (κ2) is 6.94. The predicted octanol–water partition coefficient (Wildman–Crippen LogP) is 4.13. The summed E-state index contributed by atoms with van der Waals surface area (Å²) in [5.41, 5.74) is 1.91. The van der Waals surface area contributed by atoms with Crippen LogP contribution in [0.15, 0.2) is 47.3 Å². The van der Waals surface area contributed by atoms with Crippen molar-refractivity contribution in [3.05, 3.63) is 73.7 Å². The molecule has 1 aromatic heterocycles. The molecule has 0 radical (unpaired) electrons. The molecule has 1 saturated carbocycles. The highest BCUT2D eigenvalue weighted by atomic mass is 35.5. The van der Waals surface area contributed by atoms with Crippen molar-refractivity contribution < 1.29 is 4.79 Å². The van der Waals surface area contributed by atoms with Crippen LogP contribution in [-0.2, 0) is 7.05 Å². The molecule has 0 aliphatic heterocycles. The van der Waals surface area contributed by atoms with E-state index in [1.165, 1.54) is 4.57 Å². The topological polar surface area (TPSA) is 66.9 Å². The summed E-state index contributed by atoms with van der Waals surface area (Å²) < 4.78 is 1.70. The fraction of sp³-hybridized carbons (Fsp3) is 0.250. The van der Waals surface area contributed by atoms with Crippen LogP contribution in [0.2, 0.25) is 5.02 Å². The first-order valence-corrected chi connectivity index (χ1v) is 9.52. The van der Waals surface area contributed by atoms with Gasteiger partial charge in [-0.05, 0) is 66.9 Å². The number of benzene rings is 2. The summed E-state index contributed by atoms with van der Waals surface area (Å²) in [6, 6.07) is 12.5. The highest BCUT2D eigenvalue weighted by molar-refractivity contribution is 7.71. The molecule has 1 atom stereocenters. The van der Waals surface area contributed by atoms with Gasteiger partial charge in [0, 0.05) is 17.6 Å². The maximum absolute atomic E-state index is 12.8. The van der Waals surface area contributed by atoms with Gasteiger partial charge >= 0.3 is 0 Å². The number of nitrogens with one attached hydrogen (secondary N) is 2.